The van der Waals surface area contributed by atoms with E-state index >= 15 is 0 Å². The molecule has 1 heterocycles. The Balaban J connectivity index is 2.18. The number of sulfone groups is 1. The molecule has 0 amide bonds. The molecule has 172 valence electrons. The quantitative estimate of drug-likeness (QED) is 0.394. The highest BCUT2D eigenvalue weighted by Crippen LogP contribution is 2.41. The van der Waals surface area contributed by atoms with Gasteiger partial charge in [-0.05, 0) is 43.2 Å². The maximum Gasteiger partial charge on any atom is 0.234 e. The third-order valence-electron chi connectivity index (χ3n) is 5.12. The fourth-order valence-electron chi connectivity index (χ4n) is 3.42. The molecule has 6 nitrogen and oxygen atoms in total. The molecule has 0 spiro atoms. The zero-order valence-corrected chi connectivity index (χ0v) is 20.6. The number of anilines is 1. The van der Waals surface area contributed by atoms with E-state index in [4.69, 9.17) is 16.0 Å². The number of furan rings is 1. The first kappa shape index (κ1) is 24.4. The zero-order chi connectivity index (χ0) is 23.5. The number of nitrogens with zero attached hydrogens (tertiary/aromatic N) is 1. The smallest absolute Gasteiger partial charge is 0.234 e. The van der Waals surface area contributed by atoms with Gasteiger partial charge in [0.1, 0.15) is 11.5 Å². The molecule has 0 N–H and O–H groups in total. The van der Waals surface area contributed by atoms with Gasteiger partial charge in [0.25, 0.3) is 0 Å². The van der Waals surface area contributed by atoms with Crippen LogP contribution in [0.5, 0.6) is 0 Å². The second kappa shape index (κ2) is 9.68. The summed E-state index contributed by atoms with van der Waals surface area (Å²) in [7, 11) is -7.35. The highest BCUT2D eigenvalue weighted by Gasteiger charge is 2.30. The van der Waals surface area contributed by atoms with Gasteiger partial charge < -0.3 is 4.42 Å². The maximum absolute atomic E-state index is 13.0. The molecule has 0 unspecified atom stereocenters. The van der Waals surface area contributed by atoms with Crippen molar-refractivity contribution in [1.82, 2.24) is 0 Å². The van der Waals surface area contributed by atoms with Crippen LogP contribution in [0.1, 0.15) is 31.1 Å². The minimum atomic E-state index is -3.69. The van der Waals surface area contributed by atoms with Crippen LogP contribution in [0.25, 0.3) is 11.1 Å². The SMILES string of the molecule is CCCCN(c1oc(CS(=O)(=O)c2ccccc2)c(C)c1-c1ccc(Cl)cc1)S(C)(=O)=O. The Kier molecular flexibility index (Phi) is 7.37. The Labute approximate surface area is 194 Å². The zero-order valence-electron chi connectivity index (χ0n) is 18.2. The van der Waals surface area contributed by atoms with Crippen molar-refractivity contribution < 1.29 is 21.3 Å². The molecule has 0 aliphatic carbocycles. The van der Waals surface area contributed by atoms with Gasteiger partial charge in [0, 0.05) is 22.7 Å². The first-order valence-electron chi connectivity index (χ1n) is 10.2. The Morgan fingerprint density at radius 2 is 1.59 bits per heavy atom. The molecule has 32 heavy (non-hydrogen) atoms. The lowest BCUT2D eigenvalue weighted by atomic mass is 10.0. The van der Waals surface area contributed by atoms with E-state index in [0.717, 1.165) is 12.7 Å². The molecule has 0 saturated carbocycles. The van der Waals surface area contributed by atoms with Gasteiger partial charge >= 0.3 is 0 Å². The van der Waals surface area contributed by atoms with E-state index in [-0.39, 0.29) is 28.8 Å². The summed E-state index contributed by atoms with van der Waals surface area (Å²) in [6.45, 7) is 3.94. The first-order valence-corrected chi connectivity index (χ1v) is 14.1. The molecular formula is C23H26ClNO5S2. The van der Waals surface area contributed by atoms with Crippen LogP contribution in [-0.4, -0.2) is 29.6 Å². The average molecular weight is 496 g/mol. The summed E-state index contributed by atoms with van der Waals surface area (Å²) >= 11 is 6.03. The predicted molar refractivity (Wildman–Crippen MR) is 128 cm³/mol. The third-order valence-corrected chi connectivity index (χ3v) is 8.16. The minimum absolute atomic E-state index is 0.124. The van der Waals surface area contributed by atoms with Crippen molar-refractivity contribution in [2.24, 2.45) is 0 Å². The van der Waals surface area contributed by atoms with Crippen molar-refractivity contribution in [2.75, 3.05) is 17.1 Å². The second-order valence-corrected chi connectivity index (χ2v) is 11.9. The van der Waals surface area contributed by atoms with Crippen LogP contribution in [0.4, 0.5) is 5.88 Å². The first-order chi connectivity index (χ1) is 15.0. The van der Waals surface area contributed by atoms with E-state index < -0.39 is 19.9 Å². The molecule has 9 heteroatoms. The van der Waals surface area contributed by atoms with Crippen LogP contribution < -0.4 is 4.31 Å². The van der Waals surface area contributed by atoms with Gasteiger partial charge in [-0.25, -0.2) is 21.1 Å². The normalized spacial score (nSPS) is 12.1. The predicted octanol–water partition coefficient (Wildman–Crippen LogP) is 5.45. The van der Waals surface area contributed by atoms with Crippen molar-refractivity contribution >= 4 is 37.3 Å². The third kappa shape index (κ3) is 5.36. The number of hydrogen-bond donors (Lipinski definition) is 0. The molecule has 3 aromatic rings. The second-order valence-electron chi connectivity index (χ2n) is 7.60. The van der Waals surface area contributed by atoms with Crippen molar-refractivity contribution in [3.8, 4) is 11.1 Å². The highest BCUT2D eigenvalue weighted by atomic mass is 35.5. The summed E-state index contributed by atoms with van der Waals surface area (Å²) in [6, 6.07) is 15.0. The van der Waals surface area contributed by atoms with E-state index in [1.54, 1.807) is 49.4 Å². The Hall–Kier alpha value is -2.29. The molecule has 0 bridgehead atoms. The van der Waals surface area contributed by atoms with E-state index in [1.807, 2.05) is 6.92 Å². The molecule has 0 aliphatic rings. The van der Waals surface area contributed by atoms with Crippen LogP contribution in [0, 0.1) is 6.92 Å². The van der Waals surface area contributed by atoms with Crippen LogP contribution >= 0.6 is 11.6 Å². The van der Waals surface area contributed by atoms with E-state index in [2.05, 4.69) is 0 Å². The summed E-state index contributed by atoms with van der Waals surface area (Å²) in [5, 5.41) is 0.536. The van der Waals surface area contributed by atoms with Gasteiger partial charge in [0.15, 0.2) is 9.84 Å². The maximum atomic E-state index is 13.0. The standard InChI is InChI=1S/C23H26ClNO5S2/c1-4-5-15-25(31(3,26)27)23-22(18-11-13-19(24)14-12-18)17(2)21(30-23)16-32(28,29)20-9-7-6-8-10-20/h6-14H,4-5,15-16H2,1-3H3. The highest BCUT2D eigenvalue weighted by molar-refractivity contribution is 7.92. The van der Waals surface area contributed by atoms with Gasteiger partial charge in [0.2, 0.25) is 15.9 Å². The molecule has 0 radical (unpaired) electrons. The molecule has 0 fully saturated rings. The fourth-order valence-corrected chi connectivity index (χ4v) is 5.79. The van der Waals surface area contributed by atoms with Gasteiger partial charge in [-0.2, -0.15) is 0 Å². The monoisotopic (exact) mass is 495 g/mol. The Morgan fingerprint density at radius 1 is 0.969 bits per heavy atom. The lowest BCUT2D eigenvalue weighted by molar-refractivity contribution is 0.514. The van der Waals surface area contributed by atoms with Crippen molar-refractivity contribution in [1.29, 1.82) is 0 Å². The number of unbranched alkanes of at least 4 members (excludes halogenated alkanes) is 1. The van der Waals surface area contributed by atoms with Gasteiger partial charge in [-0.3, -0.25) is 0 Å². The number of halogens is 1. The molecule has 0 aliphatic heterocycles. The topological polar surface area (TPSA) is 84.7 Å². The van der Waals surface area contributed by atoms with E-state index in [9.17, 15) is 16.8 Å². The Bertz CT molecular complexity index is 1280. The molecule has 1 aromatic heterocycles. The average Bonchev–Trinajstić information content (AvgIpc) is 3.04. The summed E-state index contributed by atoms with van der Waals surface area (Å²) < 4.78 is 58.5. The lowest BCUT2D eigenvalue weighted by Crippen LogP contribution is -2.30. The van der Waals surface area contributed by atoms with Crippen LogP contribution in [0.15, 0.2) is 63.9 Å². The van der Waals surface area contributed by atoms with Crippen molar-refractivity contribution in [3.05, 3.63) is 70.9 Å². The molecule has 3 rings (SSSR count). The number of rotatable bonds is 9. The summed E-state index contributed by atoms with van der Waals surface area (Å²) in [5.41, 5.74) is 1.81. The van der Waals surface area contributed by atoms with Crippen LogP contribution in [0.2, 0.25) is 5.02 Å². The fraction of sp³-hybridized carbons (Fsp3) is 0.304. The molecule has 0 atom stereocenters. The number of benzene rings is 2. The van der Waals surface area contributed by atoms with Gasteiger partial charge in [-0.15, -0.1) is 0 Å². The molecular weight excluding hydrogens is 470 g/mol. The van der Waals surface area contributed by atoms with Gasteiger partial charge in [-0.1, -0.05) is 55.3 Å². The van der Waals surface area contributed by atoms with Crippen LogP contribution in [0.3, 0.4) is 0 Å². The number of hydrogen-bond acceptors (Lipinski definition) is 5. The summed E-state index contributed by atoms with van der Waals surface area (Å²) in [5.74, 6) is -0.0487. The summed E-state index contributed by atoms with van der Waals surface area (Å²) in [6.07, 6.45) is 2.54. The Morgan fingerprint density at radius 3 is 2.16 bits per heavy atom. The van der Waals surface area contributed by atoms with Crippen molar-refractivity contribution in [3.63, 3.8) is 0 Å². The van der Waals surface area contributed by atoms with Gasteiger partial charge in [0.05, 0.1) is 11.2 Å². The lowest BCUT2D eigenvalue weighted by Gasteiger charge is -2.21. The van der Waals surface area contributed by atoms with Crippen LogP contribution in [-0.2, 0) is 25.6 Å². The summed E-state index contributed by atoms with van der Waals surface area (Å²) in [4.78, 5) is 0.177. The van der Waals surface area contributed by atoms with Crippen molar-refractivity contribution in [2.45, 2.75) is 37.3 Å². The largest absolute Gasteiger partial charge is 0.442 e. The van der Waals surface area contributed by atoms with E-state index in [1.165, 1.54) is 16.4 Å². The molecule has 2 aromatic carbocycles. The van der Waals surface area contributed by atoms with E-state index in [0.29, 0.717) is 28.1 Å². The molecule has 0 saturated heterocycles. The number of sulfonamides is 1. The minimum Gasteiger partial charge on any atom is -0.442 e.